The van der Waals surface area contributed by atoms with Gasteiger partial charge in [-0.05, 0) is 19.9 Å². The first kappa shape index (κ1) is 9.58. The second-order valence-electron chi connectivity index (χ2n) is 2.41. The quantitative estimate of drug-likeness (QED) is 0.332. The fourth-order valence-electron chi connectivity index (χ4n) is 0.573. The van der Waals surface area contributed by atoms with E-state index in [-0.39, 0.29) is 8.80 Å². The van der Waals surface area contributed by atoms with Gasteiger partial charge < -0.3 is 4.90 Å². The Morgan fingerprint density at radius 1 is 1.20 bits per heavy atom. The van der Waals surface area contributed by atoms with Crippen LogP contribution in [0.1, 0.15) is 13.8 Å². The Bertz CT molecular complexity index is 128. The molecule has 0 N–H and O–H groups in total. The molecule has 57 valence electrons. The van der Waals surface area contributed by atoms with Gasteiger partial charge >= 0.3 is 0 Å². The molecule has 0 fully saturated rings. The fourth-order valence-corrected chi connectivity index (χ4v) is 0.954. The Hall–Kier alpha value is -0.423. The van der Waals surface area contributed by atoms with Crippen LogP contribution in [-0.2, 0) is 0 Å². The monoisotopic (exact) mass is 154 g/mol. The summed E-state index contributed by atoms with van der Waals surface area (Å²) in [5, 5.41) is 0. The molecule has 0 aromatic carbocycles. The van der Waals surface area contributed by atoms with E-state index >= 15 is 0 Å². The summed E-state index contributed by atoms with van der Waals surface area (Å²) in [6.07, 6.45) is 0. The van der Waals surface area contributed by atoms with Crippen molar-refractivity contribution in [3.8, 4) is 11.6 Å². The van der Waals surface area contributed by atoms with E-state index in [0.717, 1.165) is 13.1 Å². The Morgan fingerprint density at radius 2 is 1.70 bits per heavy atom. The molecule has 2 heteroatoms. The average molecular weight is 154 g/mol. The van der Waals surface area contributed by atoms with Gasteiger partial charge in [-0.25, -0.2) is 0 Å². The van der Waals surface area contributed by atoms with Crippen molar-refractivity contribution in [1.82, 2.24) is 4.90 Å². The second-order valence-corrected chi connectivity index (χ2v) is 4.66. The van der Waals surface area contributed by atoms with Gasteiger partial charge in [-0.3, -0.25) is 0 Å². The largest absolute Gasteiger partial charge is 0.334 e. The molecule has 0 aliphatic rings. The number of rotatable bonds is 2. The van der Waals surface area contributed by atoms with Crippen LogP contribution in [0.4, 0.5) is 0 Å². The van der Waals surface area contributed by atoms with Crippen molar-refractivity contribution in [2.24, 2.45) is 0 Å². The Labute approximate surface area is 66.0 Å². The molecule has 0 atom stereocenters. The molecule has 0 amide bonds. The molecule has 0 aliphatic heterocycles. The summed E-state index contributed by atoms with van der Waals surface area (Å²) in [4.78, 5) is 2.14. The third-order valence-corrected chi connectivity index (χ3v) is 1.84. The highest BCUT2D eigenvalue weighted by Gasteiger charge is 1.90. The Kier molecular flexibility index (Phi) is 5.14. The van der Waals surface area contributed by atoms with Gasteiger partial charge in [0.25, 0.3) is 0 Å². The van der Waals surface area contributed by atoms with Gasteiger partial charge in [0, 0.05) is 13.1 Å². The van der Waals surface area contributed by atoms with Crippen LogP contribution < -0.4 is 0 Å². The second kappa shape index (κ2) is 5.37. The summed E-state index contributed by atoms with van der Waals surface area (Å²) in [7, 11) is -0.352. The van der Waals surface area contributed by atoms with Gasteiger partial charge in [0.2, 0.25) is 0 Å². The molecule has 0 saturated heterocycles. The van der Waals surface area contributed by atoms with Crippen LogP contribution in [0.5, 0.6) is 0 Å². The van der Waals surface area contributed by atoms with Gasteiger partial charge in [0.05, 0.1) is 0 Å². The lowest BCUT2D eigenvalue weighted by Gasteiger charge is -2.10. The predicted octanol–water partition coefficient (Wildman–Crippen LogP) is 1.58. The molecule has 0 aromatic heterocycles. The van der Waals surface area contributed by atoms with Crippen molar-refractivity contribution in [1.29, 1.82) is 0 Å². The molecule has 10 heavy (non-hydrogen) atoms. The molecule has 0 heterocycles. The topological polar surface area (TPSA) is 3.24 Å². The molecular formula is C8H16NSi. The van der Waals surface area contributed by atoms with Crippen molar-refractivity contribution < 1.29 is 0 Å². The van der Waals surface area contributed by atoms with E-state index in [9.17, 15) is 0 Å². The summed E-state index contributed by atoms with van der Waals surface area (Å²) in [5.41, 5.74) is 3.23. The fraction of sp³-hybridized carbons (Fsp3) is 0.750. The van der Waals surface area contributed by atoms with E-state index in [0.29, 0.717) is 0 Å². The van der Waals surface area contributed by atoms with Gasteiger partial charge in [-0.2, -0.15) is 0 Å². The first-order chi connectivity index (χ1) is 4.70. The van der Waals surface area contributed by atoms with Gasteiger partial charge in [0.1, 0.15) is 8.80 Å². The number of hydrogen-bond donors (Lipinski definition) is 0. The average Bonchev–Trinajstić information content (AvgIpc) is 1.90. The van der Waals surface area contributed by atoms with E-state index in [1.165, 1.54) is 0 Å². The van der Waals surface area contributed by atoms with Crippen LogP contribution in [-0.4, -0.2) is 26.8 Å². The lowest BCUT2D eigenvalue weighted by molar-refractivity contribution is 0.444. The first-order valence-electron chi connectivity index (χ1n) is 3.77. The van der Waals surface area contributed by atoms with Crippen LogP contribution in [0.3, 0.4) is 0 Å². The third-order valence-electron chi connectivity index (χ3n) is 1.23. The molecule has 0 spiro atoms. The zero-order valence-electron chi connectivity index (χ0n) is 7.36. The summed E-state index contributed by atoms with van der Waals surface area (Å²) in [6.45, 7) is 10.8. The number of nitrogens with zero attached hydrogens (tertiary/aromatic N) is 1. The zero-order chi connectivity index (χ0) is 7.98. The minimum absolute atomic E-state index is 0.352. The van der Waals surface area contributed by atoms with E-state index in [1.807, 2.05) is 0 Å². The highest BCUT2D eigenvalue weighted by Crippen LogP contribution is 1.82. The maximum Gasteiger partial charge on any atom is 0.140 e. The molecule has 0 aromatic rings. The third kappa shape index (κ3) is 4.46. The van der Waals surface area contributed by atoms with E-state index < -0.39 is 0 Å². The highest BCUT2D eigenvalue weighted by atomic mass is 28.3. The SMILES string of the molecule is CCN(C#C[Si](C)C)CC. The van der Waals surface area contributed by atoms with E-state index in [1.54, 1.807) is 0 Å². The smallest absolute Gasteiger partial charge is 0.140 e. The Balaban J connectivity index is 3.74. The van der Waals surface area contributed by atoms with Gasteiger partial charge in [-0.15, -0.1) is 5.54 Å². The Morgan fingerprint density at radius 3 is 2.00 bits per heavy atom. The van der Waals surface area contributed by atoms with Crippen molar-refractivity contribution in [2.75, 3.05) is 13.1 Å². The maximum absolute atomic E-state index is 3.23. The zero-order valence-corrected chi connectivity index (χ0v) is 8.36. The molecule has 0 unspecified atom stereocenters. The molecular weight excluding hydrogens is 138 g/mol. The standard InChI is InChI=1S/C8H16NSi/c1-5-9(6-2)7-8-10(3)4/h5-6H2,1-4H3. The summed E-state index contributed by atoms with van der Waals surface area (Å²) < 4.78 is 0. The van der Waals surface area contributed by atoms with E-state index in [2.05, 4.69) is 43.4 Å². The minimum atomic E-state index is -0.352. The van der Waals surface area contributed by atoms with Crippen LogP contribution in [0, 0.1) is 11.6 Å². The maximum atomic E-state index is 3.23. The van der Waals surface area contributed by atoms with Crippen LogP contribution in [0.25, 0.3) is 0 Å². The van der Waals surface area contributed by atoms with E-state index in [4.69, 9.17) is 0 Å². The molecule has 1 radical (unpaired) electrons. The molecule has 0 rings (SSSR count). The lowest BCUT2D eigenvalue weighted by Crippen LogP contribution is -2.16. The van der Waals surface area contributed by atoms with Crippen molar-refractivity contribution >= 4 is 8.80 Å². The highest BCUT2D eigenvalue weighted by molar-refractivity contribution is 6.64. The predicted molar refractivity (Wildman–Crippen MR) is 48.2 cm³/mol. The van der Waals surface area contributed by atoms with Crippen molar-refractivity contribution in [3.63, 3.8) is 0 Å². The van der Waals surface area contributed by atoms with Crippen molar-refractivity contribution in [3.05, 3.63) is 0 Å². The summed E-state index contributed by atoms with van der Waals surface area (Å²) in [5.74, 6) is 0. The molecule has 0 saturated carbocycles. The summed E-state index contributed by atoms with van der Waals surface area (Å²) in [6, 6.07) is 3.15. The molecule has 0 aliphatic carbocycles. The van der Waals surface area contributed by atoms with Crippen molar-refractivity contribution in [2.45, 2.75) is 26.9 Å². The van der Waals surface area contributed by atoms with Crippen LogP contribution in [0.2, 0.25) is 13.1 Å². The lowest BCUT2D eigenvalue weighted by atomic mass is 10.6. The van der Waals surface area contributed by atoms with Crippen LogP contribution in [0.15, 0.2) is 0 Å². The van der Waals surface area contributed by atoms with Crippen LogP contribution >= 0.6 is 0 Å². The minimum Gasteiger partial charge on any atom is -0.334 e. The first-order valence-corrected chi connectivity index (χ1v) is 6.27. The number of hydrogen-bond acceptors (Lipinski definition) is 1. The normalized spacial score (nSPS) is 8.90. The summed E-state index contributed by atoms with van der Waals surface area (Å²) >= 11 is 0. The van der Waals surface area contributed by atoms with Gasteiger partial charge in [-0.1, -0.05) is 13.1 Å². The molecule has 0 bridgehead atoms. The molecule has 1 nitrogen and oxygen atoms in total. The van der Waals surface area contributed by atoms with Gasteiger partial charge in [0.15, 0.2) is 0 Å².